The highest BCUT2D eigenvalue weighted by Gasteiger charge is 2.30. The molecule has 1 saturated heterocycles. The molecule has 1 aromatic heterocycles. The Hall–Kier alpha value is -3.50. The minimum absolute atomic E-state index is 0.103. The summed E-state index contributed by atoms with van der Waals surface area (Å²) in [7, 11) is 0. The number of anilines is 1. The van der Waals surface area contributed by atoms with Crippen molar-refractivity contribution in [1.29, 1.82) is 5.26 Å². The van der Waals surface area contributed by atoms with Crippen LogP contribution in [0.4, 0.5) is 5.82 Å². The molecular formula is C22H20N4O3. The first-order valence-electron chi connectivity index (χ1n) is 9.46. The highest BCUT2D eigenvalue weighted by atomic mass is 16.5. The van der Waals surface area contributed by atoms with Crippen molar-refractivity contribution < 1.29 is 14.3 Å². The lowest BCUT2D eigenvalue weighted by atomic mass is 10.1. The first-order valence-corrected chi connectivity index (χ1v) is 9.46. The average Bonchev–Trinajstić information content (AvgIpc) is 2.79. The third-order valence-electron chi connectivity index (χ3n) is 4.75. The van der Waals surface area contributed by atoms with Gasteiger partial charge in [0.25, 0.3) is 0 Å². The average molecular weight is 388 g/mol. The second-order valence-corrected chi connectivity index (χ2v) is 6.68. The van der Waals surface area contributed by atoms with E-state index in [2.05, 4.69) is 11.1 Å². The molecule has 1 atom stereocenters. The van der Waals surface area contributed by atoms with Gasteiger partial charge in [0.1, 0.15) is 12.3 Å². The van der Waals surface area contributed by atoms with Crippen molar-refractivity contribution in [2.24, 2.45) is 0 Å². The van der Waals surface area contributed by atoms with Crippen LogP contribution in [0.3, 0.4) is 0 Å². The van der Waals surface area contributed by atoms with E-state index in [4.69, 9.17) is 14.5 Å². The number of hydrogen-bond acceptors (Lipinski definition) is 7. The van der Waals surface area contributed by atoms with Gasteiger partial charge in [0.2, 0.25) is 0 Å². The number of carbonyl (C=O) groups is 1. The zero-order valence-electron chi connectivity index (χ0n) is 15.8. The van der Waals surface area contributed by atoms with Crippen molar-refractivity contribution in [2.45, 2.75) is 12.5 Å². The summed E-state index contributed by atoms with van der Waals surface area (Å²) in [4.78, 5) is 24.1. The molecule has 0 amide bonds. The van der Waals surface area contributed by atoms with Gasteiger partial charge >= 0.3 is 5.97 Å². The van der Waals surface area contributed by atoms with Crippen molar-refractivity contribution in [3.63, 3.8) is 0 Å². The van der Waals surface area contributed by atoms with Crippen LogP contribution in [0, 0.1) is 11.3 Å². The van der Waals surface area contributed by atoms with Crippen molar-refractivity contribution in [2.75, 3.05) is 31.2 Å². The van der Waals surface area contributed by atoms with E-state index in [1.807, 2.05) is 59.5 Å². The van der Waals surface area contributed by atoms with Crippen molar-refractivity contribution in [1.82, 2.24) is 9.97 Å². The predicted molar refractivity (Wildman–Crippen MR) is 107 cm³/mol. The molecular weight excluding hydrogens is 368 g/mol. The maximum absolute atomic E-state index is 12.8. The van der Waals surface area contributed by atoms with Crippen LogP contribution in [-0.4, -0.2) is 42.2 Å². The number of fused-ring (bicyclic) bond motifs is 1. The lowest BCUT2D eigenvalue weighted by molar-refractivity contribution is -0.145. The molecule has 0 unspecified atom stereocenters. The molecule has 0 saturated carbocycles. The molecule has 4 rings (SSSR count). The summed E-state index contributed by atoms with van der Waals surface area (Å²) in [6.07, 6.45) is 0. The quantitative estimate of drug-likeness (QED) is 0.621. The Kier molecular flexibility index (Phi) is 5.63. The molecule has 2 heterocycles. The van der Waals surface area contributed by atoms with Gasteiger partial charge in [0.05, 0.1) is 30.3 Å². The first kappa shape index (κ1) is 18.8. The largest absolute Gasteiger partial charge is 0.460 e. The number of aromatic nitrogens is 2. The second kappa shape index (κ2) is 8.67. The molecule has 0 N–H and O–H groups in total. The van der Waals surface area contributed by atoms with E-state index in [1.54, 1.807) is 0 Å². The van der Waals surface area contributed by atoms with E-state index in [-0.39, 0.29) is 6.61 Å². The molecule has 0 radical (unpaired) electrons. The van der Waals surface area contributed by atoms with Gasteiger partial charge in [-0.05, 0) is 17.7 Å². The molecule has 146 valence electrons. The van der Waals surface area contributed by atoms with Crippen molar-refractivity contribution >= 4 is 22.8 Å². The molecule has 1 aliphatic heterocycles. The molecule has 0 bridgehead atoms. The number of nitriles is 1. The second-order valence-electron chi connectivity index (χ2n) is 6.68. The number of ether oxygens (including phenoxy) is 2. The van der Waals surface area contributed by atoms with Gasteiger partial charge in [-0.2, -0.15) is 5.26 Å². The molecule has 1 fully saturated rings. The molecule has 1 aliphatic rings. The molecule has 3 aromatic rings. The molecule has 0 spiro atoms. The van der Waals surface area contributed by atoms with Gasteiger partial charge in [-0.15, -0.1) is 0 Å². The summed E-state index contributed by atoms with van der Waals surface area (Å²) >= 11 is 0. The Balaban J connectivity index is 1.67. The highest BCUT2D eigenvalue weighted by molar-refractivity contribution is 5.85. The number of hydrogen-bond donors (Lipinski definition) is 0. The van der Waals surface area contributed by atoms with Crippen LogP contribution in [0.25, 0.3) is 11.0 Å². The SMILES string of the molecule is N#C[C@@H](C(=O)OCc1ccccc1)c1nc2ccccc2nc1N1CCOCC1. The standard InChI is InChI=1S/C22H20N4O3/c23-14-17(22(27)29-15-16-6-2-1-3-7-16)20-21(26-10-12-28-13-11-26)25-19-9-5-4-8-18(19)24-20/h1-9,17H,10-13,15H2/t17-/m1/s1. The third-order valence-corrected chi connectivity index (χ3v) is 4.75. The summed E-state index contributed by atoms with van der Waals surface area (Å²) in [5, 5.41) is 9.78. The van der Waals surface area contributed by atoms with Crippen LogP contribution < -0.4 is 4.90 Å². The zero-order valence-corrected chi connectivity index (χ0v) is 15.8. The minimum Gasteiger partial charge on any atom is -0.460 e. The fourth-order valence-electron chi connectivity index (χ4n) is 3.24. The number of benzene rings is 2. The monoisotopic (exact) mass is 388 g/mol. The summed E-state index contributed by atoms with van der Waals surface area (Å²) < 4.78 is 10.8. The Labute approximate surface area is 168 Å². The third kappa shape index (κ3) is 4.18. The zero-order chi connectivity index (χ0) is 20.1. The number of nitrogens with zero attached hydrogens (tertiary/aromatic N) is 4. The van der Waals surface area contributed by atoms with Crippen LogP contribution in [0.2, 0.25) is 0 Å². The van der Waals surface area contributed by atoms with Crippen LogP contribution >= 0.6 is 0 Å². The normalized spacial score (nSPS) is 14.9. The number of carbonyl (C=O) groups excluding carboxylic acids is 1. The number of esters is 1. The van der Waals surface area contributed by atoms with E-state index in [0.29, 0.717) is 48.8 Å². The van der Waals surface area contributed by atoms with E-state index in [0.717, 1.165) is 5.56 Å². The summed E-state index contributed by atoms with van der Waals surface area (Å²) in [5.41, 5.74) is 2.53. The Bertz CT molecular complexity index is 1040. The van der Waals surface area contributed by atoms with Crippen LogP contribution in [-0.2, 0) is 20.9 Å². The topological polar surface area (TPSA) is 88.3 Å². The van der Waals surface area contributed by atoms with Crippen molar-refractivity contribution in [3.8, 4) is 6.07 Å². The van der Waals surface area contributed by atoms with Gasteiger partial charge in [0, 0.05) is 13.1 Å². The number of morpholine rings is 1. The predicted octanol–water partition coefficient (Wildman–Crippen LogP) is 2.82. The first-order chi connectivity index (χ1) is 14.3. The van der Waals surface area contributed by atoms with Gasteiger partial charge in [-0.25, -0.2) is 9.97 Å². The number of para-hydroxylation sites is 2. The van der Waals surface area contributed by atoms with E-state index >= 15 is 0 Å². The summed E-state index contributed by atoms with van der Waals surface area (Å²) in [5.74, 6) is -1.25. The van der Waals surface area contributed by atoms with Crippen LogP contribution in [0.15, 0.2) is 54.6 Å². The van der Waals surface area contributed by atoms with E-state index in [9.17, 15) is 10.1 Å². The van der Waals surface area contributed by atoms with Gasteiger partial charge in [-0.1, -0.05) is 42.5 Å². The molecule has 0 aliphatic carbocycles. The summed E-state index contributed by atoms with van der Waals surface area (Å²) in [6.45, 7) is 2.47. The summed E-state index contributed by atoms with van der Waals surface area (Å²) in [6, 6.07) is 18.8. The maximum Gasteiger partial charge on any atom is 0.330 e. The molecule has 29 heavy (non-hydrogen) atoms. The Morgan fingerprint density at radius 2 is 1.72 bits per heavy atom. The fourth-order valence-corrected chi connectivity index (χ4v) is 3.24. The molecule has 7 nitrogen and oxygen atoms in total. The lowest BCUT2D eigenvalue weighted by Gasteiger charge is -2.29. The lowest BCUT2D eigenvalue weighted by Crippen LogP contribution is -2.38. The Morgan fingerprint density at radius 1 is 1.07 bits per heavy atom. The van der Waals surface area contributed by atoms with Crippen molar-refractivity contribution in [3.05, 3.63) is 65.9 Å². The Morgan fingerprint density at radius 3 is 2.41 bits per heavy atom. The van der Waals surface area contributed by atoms with Gasteiger partial charge < -0.3 is 14.4 Å². The van der Waals surface area contributed by atoms with E-state index in [1.165, 1.54) is 0 Å². The van der Waals surface area contributed by atoms with Crippen LogP contribution in [0.5, 0.6) is 0 Å². The van der Waals surface area contributed by atoms with Gasteiger partial charge in [-0.3, -0.25) is 4.79 Å². The fraction of sp³-hybridized carbons (Fsp3) is 0.273. The minimum atomic E-state index is -1.16. The van der Waals surface area contributed by atoms with Gasteiger partial charge in [0.15, 0.2) is 11.7 Å². The maximum atomic E-state index is 12.8. The van der Waals surface area contributed by atoms with E-state index < -0.39 is 11.9 Å². The van der Waals surface area contributed by atoms with Crippen LogP contribution in [0.1, 0.15) is 17.2 Å². The molecule has 7 heteroatoms. The smallest absolute Gasteiger partial charge is 0.330 e. The number of rotatable bonds is 5. The highest BCUT2D eigenvalue weighted by Crippen LogP contribution is 2.28. The molecule has 2 aromatic carbocycles.